The van der Waals surface area contributed by atoms with Crippen molar-refractivity contribution < 1.29 is 29.0 Å². The summed E-state index contributed by atoms with van der Waals surface area (Å²) in [6.45, 7) is 11.5. The summed E-state index contributed by atoms with van der Waals surface area (Å²) in [5.41, 5.74) is -0.0765. The topological polar surface area (TPSA) is 164 Å². The summed E-state index contributed by atoms with van der Waals surface area (Å²) in [5.74, 6) is -1.44. The predicted molar refractivity (Wildman–Crippen MR) is 195 cm³/mol. The first kappa shape index (κ1) is 38.8. The Morgan fingerprint density at radius 3 is 2.24 bits per heavy atom. The molecule has 4 rings (SSSR count). The van der Waals surface area contributed by atoms with E-state index in [2.05, 4.69) is 16.0 Å². The summed E-state index contributed by atoms with van der Waals surface area (Å²) in [7, 11) is 0. The van der Waals surface area contributed by atoms with Crippen molar-refractivity contribution in [3.8, 4) is 6.07 Å². The predicted octanol–water partition coefficient (Wildman–Crippen LogP) is 3.78. The molecule has 51 heavy (non-hydrogen) atoms. The minimum atomic E-state index is -1.19. The van der Waals surface area contributed by atoms with Gasteiger partial charge in [0.15, 0.2) is 0 Å². The van der Waals surface area contributed by atoms with Gasteiger partial charge in [0.05, 0.1) is 24.6 Å². The molecular formula is C39H50N6O6. The Morgan fingerprint density at radius 2 is 1.59 bits per heavy atom. The van der Waals surface area contributed by atoms with Crippen LogP contribution in [0.4, 0.5) is 4.79 Å². The van der Waals surface area contributed by atoms with Crippen molar-refractivity contribution in [3.05, 3.63) is 83.9 Å². The van der Waals surface area contributed by atoms with Crippen LogP contribution in [0.2, 0.25) is 0 Å². The molecule has 1 fully saturated rings. The van der Waals surface area contributed by atoms with E-state index in [-0.39, 0.29) is 44.9 Å². The molecule has 4 amide bonds. The van der Waals surface area contributed by atoms with E-state index >= 15 is 0 Å². The number of benzene rings is 3. The summed E-state index contributed by atoms with van der Waals surface area (Å²) in [6, 6.07) is 21.2. The molecule has 1 aliphatic rings. The van der Waals surface area contributed by atoms with Crippen molar-refractivity contribution in [2.45, 2.75) is 89.8 Å². The maximum absolute atomic E-state index is 13.7. The van der Waals surface area contributed by atoms with E-state index in [0.717, 1.165) is 16.3 Å². The highest BCUT2D eigenvalue weighted by Crippen LogP contribution is 2.19. The lowest BCUT2D eigenvalue weighted by atomic mass is 9.98. The molecule has 3 aromatic rings. The Hall–Kier alpha value is -4.99. The van der Waals surface area contributed by atoms with Gasteiger partial charge in [-0.2, -0.15) is 5.26 Å². The average Bonchev–Trinajstić information content (AvgIpc) is 3.06. The van der Waals surface area contributed by atoms with Crippen LogP contribution in [0.1, 0.15) is 63.9 Å². The normalized spacial score (nSPS) is 17.1. The van der Waals surface area contributed by atoms with Crippen LogP contribution in [-0.2, 0) is 20.7 Å². The number of carbonyl (C=O) groups excluding carboxylic acids is 4. The van der Waals surface area contributed by atoms with E-state index in [1.54, 1.807) is 32.9 Å². The number of ether oxygens (including phenoxy) is 1. The Balaban J connectivity index is 1.54. The minimum absolute atomic E-state index is 0.00542. The largest absolute Gasteiger partial charge is 0.444 e. The average molecular weight is 699 g/mol. The number of nitriles is 1. The van der Waals surface area contributed by atoms with Crippen LogP contribution in [0.5, 0.6) is 0 Å². The molecular weight excluding hydrogens is 648 g/mol. The number of β-amino-alcohol motifs (C(OH)–C–C–N with tert-alkyl or cyclic N) is 1. The molecule has 1 aliphatic heterocycles. The summed E-state index contributed by atoms with van der Waals surface area (Å²) in [6.07, 6.45) is -1.76. The number of fused-ring (bicyclic) bond motifs is 1. The molecule has 0 radical (unpaired) electrons. The molecule has 3 aromatic carbocycles. The van der Waals surface area contributed by atoms with Gasteiger partial charge in [0.25, 0.3) is 5.91 Å². The summed E-state index contributed by atoms with van der Waals surface area (Å²) >= 11 is 0. The third kappa shape index (κ3) is 11.5. The maximum Gasteiger partial charge on any atom is 0.410 e. The van der Waals surface area contributed by atoms with Gasteiger partial charge in [-0.15, -0.1) is 0 Å². The van der Waals surface area contributed by atoms with Gasteiger partial charge in [-0.25, -0.2) is 4.79 Å². The van der Waals surface area contributed by atoms with Crippen LogP contribution in [0.3, 0.4) is 0 Å². The first-order valence-electron chi connectivity index (χ1n) is 17.3. The molecule has 0 spiro atoms. The zero-order valence-electron chi connectivity index (χ0n) is 30.3. The van der Waals surface area contributed by atoms with E-state index in [9.17, 15) is 29.5 Å². The quantitative estimate of drug-likeness (QED) is 0.235. The molecule has 272 valence electrons. The van der Waals surface area contributed by atoms with Crippen molar-refractivity contribution in [1.29, 1.82) is 5.26 Å². The van der Waals surface area contributed by atoms with Crippen LogP contribution < -0.4 is 16.0 Å². The molecule has 0 bridgehead atoms. The van der Waals surface area contributed by atoms with E-state index < -0.39 is 53.3 Å². The van der Waals surface area contributed by atoms with Crippen LogP contribution in [-0.4, -0.2) is 100 Å². The molecule has 4 atom stereocenters. The number of aliphatic hydroxyl groups is 1. The van der Waals surface area contributed by atoms with Gasteiger partial charge in [-0.05, 0) is 76.4 Å². The lowest BCUT2D eigenvalue weighted by molar-refractivity contribution is -0.131. The third-order valence-electron chi connectivity index (χ3n) is 8.38. The standard InChI is InChI=1S/C39H50N6O6/c1-38(2,3)43-36(49)32-24-45(37(50)51-39(4,5)6)21-20-44(32)25-33(46)31(22-26-12-8-7-9-13-26)42-35(48)30(18-19-40)41-34(47)29-17-16-27-14-10-11-15-28(27)23-29/h7-17,23,30-33,46H,18,20-22,24-25H2,1-6H3,(H,41,47)(H,42,48)(H,43,49)/t30-,31-,32?,33+/m0/s1. The van der Waals surface area contributed by atoms with E-state index in [4.69, 9.17) is 4.74 Å². The zero-order chi connectivity index (χ0) is 37.3. The number of amides is 4. The first-order valence-corrected chi connectivity index (χ1v) is 17.3. The van der Waals surface area contributed by atoms with E-state index in [1.807, 2.05) is 92.4 Å². The molecule has 12 nitrogen and oxygen atoms in total. The Labute approximate surface area is 300 Å². The molecule has 1 heterocycles. The van der Waals surface area contributed by atoms with E-state index in [0.29, 0.717) is 5.56 Å². The molecule has 0 saturated carbocycles. The van der Waals surface area contributed by atoms with E-state index in [1.165, 1.54) is 4.90 Å². The van der Waals surface area contributed by atoms with Crippen molar-refractivity contribution in [2.75, 3.05) is 26.2 Å². The Bertz CT molecular complexity index is 1730. The Morgan fingerprint density at radius 1 is 0.922 bits per heavy atom. The number of hydrogen-bond donors (Lipinski definition) is 4. The lowest BCUT2D eigenvalue weighted by Crippen LogP contribution is -2.64. The highest BCUT2D eigenvalue weighted by Gasteiger charge is 2.39. The summed E-state index contributed by atoms with van der Waals surface area (Å²) in [4.78, 5) is 56.9. The maximum atomic E-state index is 13.7. The highest BCUT2D eigenvalue weighted by atomic mass is 16.6. The number of rotatable bonds is 11. The van der Waals surface area contributed by atoms with Crippen LogP contribution >= 0.6 is 0 Å². The molecule has 12 heteroatoms. The van der Waals surface area contributed by atoms with Crippen molar-refractivity contribution in [2.24, 2.45) is 0 Å². The first-order chi connectivity index (χ1) is 24.0. The smallest absolute Gasteiger partial charge is 0.410 e. The van der Waals surface area contributed by atoms with Crippen LogP contribution in [0.25, 0.3) is 10.8 Å². The van der Waals surface area contributed by atoms with Gasteiger partial charge in [0, 0.05) is 37.3 Å². The lowest BCUT2D eigenvalue weighted by Gasteiger charge is -2.43. The fraction of sp³-hybridized carbons (Fsp3) is 0.462. The molecule has 1 saturated heterocycles. The monoisotopic (exact) mass is 698 g/mol. The zero-order valence-corrected chi connectivity index (χ0v) is 30.3. The van der Waals surface area contributed by atoms with Crippen molar-refractivity contribution >= 4 is 34.6 Å². The van der Waals surface area contributed by atoms with Crippen molar-refractivity contribution in [3.63, 3.8) is 0 Å². The number of nitrogens with one attached hydrogen (secondary N) is 3. The van der Waals surface area contributed by atoms with Gasteiger partial charge in [-0.3, -0.25) is 19.3 Å². The highest BCUT2D eigenvalue weighted by molar-refractivity contribution is 6.00. The van der Waals surface area contributed by atoms with Gasteiger partial charge >= 0.3 is 6.09 Å². The second-order valence-electron chi connectivity index (χ2n) is 15.0. The SMILES string of the molecule is CC(C)(C)NC(=O)C1CN(C(=O)OC(C)(C)C)CCN1C[C@@H](O)[C@H](Cc1ccccc1)NC(=O)[C@H](CC#N)NC(=O)c1ccc2ccccc2c1. The summed E-state index contributed by atoms with van der Waals surface area (Å²) < 4.78 is 5.57. The molecule has 1 unspecified atom stereocenters. The minimum Gasteiger partial charge on any atom is -0.444 e. The molecule has 0 aliphatic carbocycles. The molecule has 4 N–H and O–H groups in total. The number of aliphatic hydroxyl groups excluding tert-OH is 1. The fourth-order valence-corrected chi connectivity index (χ4v) is 5.91. The second-order valence-corrected chi connectivity index (χ2v) is 15.0. The Kier molecular flexibility index (Phi) is 12.8. The van der Waals surface area contributed by atoms with Gasteiger partial charge < -0.3 is 30.7 Å². The van der Waals surface area contributed by atoms with Crippen molar-refractivity contribution in [1.82, 2.24) is 25.8 Å². The number of piperazine rings is 1. The van der Waals surface area contributed by atoms with Gasteiger partial charge in [0.1, 0.15) is 17.7 Å². The fourth-order valence-electron chi connectivity index (χ4n) is 5.91. The third-order valence-corrected chi connectivity index (χ3v) is 8.38. The van der Waals surface area contributed by atoms with Gasteiger partial charge in [0.2, 0.25) is 11.8 Å². The van der Waals surface area contributed by atoms with Crippen LogP contribution in [0.15, 0.2) is 72.8 Å². The number of nitrogens with zero attached hydrogens (tertiary/aromatic N) is 3. The summed E-state index contributed by atoms with van der Waals surface area (Å²) in [5, 5.41) is 31.7. The number of hydrogen-bond acceptors (Lipinski definition) is 8. The van der Waals surface area contributed by atoms with Crippen LogP contribution in [0, 0.1) is 11.3 Å². The van der Waals surface area contributed by atoms with Gasteiger partial charge in [-0.1, -0.05) is 60.7 Å². The number of carbonyl (C=O) groups is 4. The molecule has 0 aromatic heterocycles. The second kappa shape index (κ2) is 16.8.